The molecule has 1 aromatic carbocycles. The number of hydrogen-bond donors (Lipinski definition) is 1. The Morgan fingerprint density at radius 1 is 1.23 bits per heavy atom. The fourth-order valence-corrected chi connectivity index (χ4v) is 3.68. The van der Waals surface area contributed by atoms with Gasteiger partial charge in [-0.05, 0) is 24.5 Å². The van der Waals surface area contributed by atoms with Gasteiger partial charge in [0.2, 0.25) is 5.91 Å². The smallest absolute Gasteiger partial charge is 0.228 e. The van der Waals surface area contributed by atoms with Gasteiger partial charge in [0, 0.05) is 24.4 Å². The number of Topliss-reactive ketones (excluding diaryl/α,β-unsaturated/α-hetero) is 1. The standard InChI is InChI=1S/C18H23NO3/c1-22-17-9-5-8-14-15(17)10-13(20)11-16(14)18(21)19-12-6-3-2-4-7-12/h5,8-9,12,16H,2-4,6-7,10-11H2,1H3,(H,19,21). The molecule has 0 spiro atoms. The van der Waals surface area contributed by atoms with Crippen LogP contribution in [0.1, 0.15) is 55.6 Å². The molecule has 1 saturated carbocycles. The monoisotopic (exact) mass is 301 g/mol. The van der Waals surface area contributed by atoms with E-state index in [0.717, 1.165) is 24.0 Å². The maximum Gasteiger partial charge on any atom is 0.228 e. The second-order valence-corrected chi connectivity index (χ2v) is 6.34. The van der Waals surface area contributed by atoms with Crippen LogP contribution in [0.4, 0.5) is 0 Å². The van der Waals surface area contributed by atoms with E-state index in [-0.39, 0.29) is 23.7 Å². The topological polar surface area (TPSA) is 55.4 Å². The molecule has 1 fully saturated rings. The number of carbonyl (C=O) groups excluding carboxylic acids is 2. The minimum Gasteiger partial charge on any atom is -0.496 e. The molecule has 1 unspecified atom stereocenters. The van der Waals surface area contributed by atoms with E-state index in [1.807, 2.05) is 18.2 Å². The maximum atomic E-state index is 12.7. The maximum absolute atomic E-state index is 12.7. The summed E-state index contributed by atoms with van der Waals surface area (Å²) >= 11 is 0. The van der Waals surface area contributed by atoms with E-state index in [1.54, 1.807) is 7.11 Å². The van der Waals surface area contributed by atoms with Crippen LogP contribution >= 0.6 is 0 Å². The van der Waals surface area contributed by atoms with Gasteiger partial charge >= 0.3 is 0 Å². The van der Waals surface area contributed by atoms with E-state index in [1.165, 1.54) is 19.3 Å². The SMILES string of the molecule is COc1cccc2c1CC(=O)CC2C(=O)NC1CCCCC1. The molecule has 2 aliphatic carbocycles. The highest BCUT2D eigenvalue weighted by atomic mass is 16.5. The van der Waals surface area contributed by atoms with Crippen molar-refractivity contribution in [2.75, 3.05) is 7.11 Å². The quantitative estimate of drug-likeness (QED) is 0.934. The molecule has 4 nitrogen and oxygen atoms in total. The first-order chi connectivity index (χ1) is 10.7. The summed E-state index contributed by atoms with van der Waals surface area (Å²) in [6.07, 6.45) is 6.40. The number of carbonyl (C=O) groups is 2. The minimum absolute atomic E-state index is 0.00514. The Balaban J connectivity index is 1.82. The van der Waals surface area contributed by atoms with Crippen molar-refractivity contribution in [2.24, 2.45) is 0 Å². The Hall–Kier alpha value is -1.84. The zero-order valence-electron chi connectivity index (χ0n) is 13.1. The molecule has 0 aliphatic heterocycles. The molecule has 1 amide bonds. The minimum atomic E-state index is -0.367. The zero-order valence-corrected chi connectivity index (χ0v) is 13.1. The highest BCUT2D eigenvalue weighted by Gasteiger charge is 2.33. The van der Waals surface area contributed by atoms with Crippen LogP contribution in [0.15, 0.2) is 18.2 Å². The predicted octanol–water partition coefficient (Wildman–Crippen LogP) is 2.74. The first-order valence-electron chi connectivity index (χ1n) is 8.17. The summed E-state index contributed by atoms with van der Waals surface area (Å²) < 4.78 is 5.36. The summed E-state index contributed by atoms with van der Waals surface area (Å²) in [4.78, 5) is 24.7. The first-order valence-corrected chi connectivity index (χ1v) is 8.17. The summed E-state index contributed by atoms with van der Waals surface area (Å²) in [5.74, 6) is 0.449. The molecule has 118 valence electrons. The number of amides is 1. The number of methoxy groups -OCH3 is 1. The molecule has 0 aromatic heterocycles. The van der Waals surface area contributed by atoms with E-state index in [0.29, 0.717) is 18.6 Å². The van der Waals surface area contributed by atoms with Gasteiger partial charge in [-0.15, -0.1) is 0 Å². The third-order valence-corrected chi connectivity index (χ3v) is 4.84. The van der Waals surface area contributed by atoms with E-state index in [2.05, 4.69) is 5.32 Å². The molecule has 22 heavy (non-hydrogen) atoms. The van der Waals surface area contributed by atoms with Crippen molar-refractivity contribution in [2.45, 2.75) is 56.9 Å². The van der Waals surface area contributed by atoms with Gasteiger partial charge in [-0.1, -0.05) is 31.4 Å². The summed E-state index contributed by atoms with van der Waals surface area (Å²) in [7, 11) is 1.60. The van der Waals surface area contributed by atoms with Gasteiger partial charge in [-0.2, -0.15) is 0 Å². The molecular weight excluding hydrogens is 278 g/mol. The molecule has 1 N–H and O–H groups in total. The van der Waals surface area contributed by atoms with Gasteiger partial charge in [-0.3, -0.25) is 9.59 Å². The van der Waals surface area contributed by atoms with Gasteiger partial charge in [0.1, 0.15) is 11.5 Å². The van der Waals surface area contributed by atoms with Crippen molar-refractivity contribution < 1.29 is 14.3 Å². The van der Waals surface area contributed by atoms with E-state index in [4.69, 9.17) is 4.74 Å². The third kappa shape index (κ3) is 3.01. The van der Waals surface area contributed by atoms with Crippen molar-refractivity contribution in [1.29, 1.82) is 0 Å². The summed E-state index contributed by atoms with van der Waals surface area (Å²) in [5, 5.41) is 3.16. The third-order valence-electron chi connectivity index (χ3n) is 4.84. The molecule has 1 atom stereocenters. The van der Waals surface area contributed by atoms with Crippen LogP contribution in [0, 0.1) is 0 Å². The molecule has 4 heteroatoms. The average molecular weight is 301 g/mol. The number of nitrogens with one attached hydrogen (secondary N) is 1. The average Bonchev–Trinajstić information content (AvgIpc) is 2.54. The lowest BCUT2D eigenvalue weighted by Crippen LogP contribution is -2.41. The van der Waals surface area contributed by atoms with Gasteiger partial charge < -0.3 is 10.1 Å². The molecule has 2 aliphatic rings. The predicted molar refractivity (Wildman–Crippen MR) is 84.1 cm³/mol. The van der Waals surface area contributed by atoms with Crippen molar-refractivity contribution in [3.05, 3.63) is 29.3 Å². The van der Waals surface area contributed by atoms with Gasteiger partial charge in [-0.25, -0.2) is 0 Å². The summed E-state index contributed by atoms with van der Waals surface area (Å²) in [6.45, 7) is 0. The van der Waals surface area contributed by atoms with Crippen LogP contribution in [0.25, 0.3) is 0 Å². The Morgan fingerprint density at radius 2 is 2.00 bits per heavy atom. The fourth-order valence-electron chi connectivity index (χ4n) is 3.68. The largest absolute Gasteiger partial charge is 0.496 e. The van der Waals surface area contributed by atoms with Gasteiger partial charge in [0.25, 0.3) is 0 Å². The number of benzene rings is 1. The van der Waals surface area contributed by atoms with Crippen LogP contribution in [-0.4, -0.2) is 24.8 Å². The summed E-state index contributed by atoms with van der Waals surface area (Å²) in [5.41, 5.74) is 1.83. The molecule has 0 radical (unpaired) electrons. The zero-order chi connectivity index (χ0) is 15.5. The molecule has 1 aromatic rings. The molecule has 3 rings (SSSR count). The van der Waals surface area contributed by atoms with E-state index >= 15 is 0 Å². The fraction of sp³-hybridized carbons (Fsp3) is 0.556. The van der Waals surface area contributed by atoms with Crippen molar-refractivity contribution in [3.8, 4) is 5.75 Å². The first kappa shape index (κ1) is 15.1. The molecule has 0 saturated heterocycles. The number of hydrogen-bond acceptors (Lipinski definition) is 3. The number of rotatable bonds is 3. The van der Waals surface area contributed by atoms with E-state index in [9.17, 15) is 9.59 Å². The van der Waals surface area contributed by atoms with Crippen LogP contribution < -0.4 is 10.1 Å². The highest BCUT2D eigenvalue weighted by Crippen LogP contribution is 2.35. The van der Waals surface area contributed by atoms with Crippen LogP contribution in [0.5, 0.6) is 5.75 Å². The Bertz CT molecular complexity index is 576. The van der Waals surface area contributed by atoms with Crippen LogP contribution in [-0.2, 0) is 16.0 Å². The Morgan fingerprint density at radius 3 is 2.73 bits per heavy atom. The second kappa shape index (κ2) is 6.51. The lowest BCUT2D eigenvalue weighted by atomic mass is 9.80. The summed E-state index contributed by atoms with van der Waals surface area (Å²) in [6, 6.07) is 5.98. The van der Waals surface area contributed by atoms with Crippen LogP contribution in [0.3, 0.4) is 0 Å². The van der Waals surface area contributed by atoms with Crippen molar-refractivity contribution in [3.63, 3.8) is 0 Å². The number of ether oxygens (including phenoxy) is 1. The number of ketones is 1. The van der Waals surface area contributed by atoms with Gasteiger partial charge in [0.15, 0.2) is 0 Å². The lowest BCUT2D eigenvalue weighted by molar-refractivity contribution is -0.128. The second-order valence-electron chi connectivity index (χ2n) is 6.34. The van der Waals surface area contributed by atoms with Crippen LogP contribution in [0.2, 0.25) is 0 Å². The van der Waals surface area contributed by atoms with Gasteiger partial charge in [0.05, 0.1) is 13.0 Å². The molecular formula is C18H23NO3. The molecule has 0 heterocycles. The van der Waals surface area contributed by atoms with Crippen molar-refractivity contribution >= 4 is 11.7 Å². The normalized spacial score (nSPS) is 22.0. The Labute approximate surface area is 131 Å². The van der Waals surface area contributed by atoms with Crippen molar-refractivity contribution in [1.82, 2.24) is 5.32 Å². The van der Waals surface area contributed by atoms with E-state index < -0.39 is 0 Å². The highest BCUT2D eigenvalue weighted by molar-refractivity contribution is 5.95. The number of fused-ring (bicyclic) bond motifs is 1. The molecule has 0 bridgehead atoms. The Kier molecular flexibility index (Phi) is 4.46. The lowest BCUT2D eigenvalue weighted by Gasteiger charge is -2.29.